The highest BCUT2D eigenvalue weighted by molar-refractivity contribution is 6.19. The molecule has 0 aromatic heterocycles. The number of nitrogens with zero attached hydrogens (tertiary/aromatic N) is 3. The Hall–Kier alpha value is -1.30. The first-order valence-electron chi connectivity index (χ1n) is 4.20. The number of rotatable bonds is 2. The molecule has 0 radical (unpaired) electrons. The lowest BCUT2D eigenvalue weighted by molar-refractivity contribution is -0.0888. The van der Waals surface area contributed by atoms with E-state index in [-0.39, 0.29) is 17.4 Å². The van der Waals surface area contributed by atoms with Crippen LogP contribution in [-0.4, -0.2) is 36.7 Å². The minimum absolute atomic E-state index is 0.118. The van der Waals surface area contributed by atoms with Crippen molar-refractivity contribution in [2.75, 3.05) is 13.1 Å². The van der Waals surface area contributed by atoms with Gasteiger partial charge in [-0.1, -0.05) is 0 Å². The van der Waals surface area contributed by atoms with Crippen LogP contribution in [0.25, 0.3) is 0 Å². The zero-order valence-corrected chi connectivity index (χ0v) is 9.18. The van der Waals surface area contributed by atoms with Gasteiger partial charge in [0.15, 0.2) is 0 Å². The van der Waals surface area contributed by atoms with Crippen LogP contribution >= 0.6 is 11.6 Å². The van der Waals surface area contributed by atoms with Crippen LogP contribution < -0.4 is 0 Å². The van der Waals surface area contributed by atoms with E-state index in [0.717, 1.165) is 12.4 Å². The first kappa shape index (κ1) is 12.8. The van der Waals surface area contributed by atoms with Crippen molar-refractivity contribution in [3.05, 3.63) is 23.5 Å². The van der Waals surface area contributed by atoms with Crippen LogP contribution in [0.5, 0.6) is 0 Å². The van der Waals surface area contributed by atoms with Crippen LogP contribution in [0.1, 0.15) is 0 Å². The van der Waals surface area contributed by atoms with Crippen molar-refractivity contribution in [3.63, 3.8) is 0 Å². The molecule has 0 fully saturated rings. The van der Waals surface area contributed by atoms with Gasteiger partial charge in [-0.2, -0.15) is 13.2 Å². The quantitative estimate of drug-likeness (QED) is 0.421. The molecule has 1 rings (SSSR count). The molecule has 16 heavy (non-hydrogen) atoms. The molecule has 0 saturated heterocycles. The standard InChI is InChI=1S/C9H9ClF3N3/c1-14-3-6-7(9(11,12)13)4-16(2)8(6)15-5-10/h3-4H,1,5H2,2H3/b6-3-,15-8+. The van der Waals surface area contributed by atoms with Gasteiger partial charge in [0.05, 0.1) is 5.57 Å². The Morgan fingerprint density at radius 1 is 1.56 bits per heavy atom. The summed E-state index contributed by atoms with van der Waals surface area (Å²) < 4.78 is 37.9. The van der Waals surface area contributed by atoms with E-state index in [0.29, 0.717) is 0 Å². The molecule has 1 heterocycles. The van der Waals surface area contributed by atoms with Crippen LogP contribution in [0, 0.1) is 0 Å². The van der Waals surface area contributed by atoms with E-state index in [4.69, 9.17) is 11.6 Å². The minimum Gasteiger partial charge on any atom is -0.335 e. The maximum Gasteiger partial charge on any atom is 0.418 e. The van der Waals surface area contributed by atoms with E-state index < -0.39 is 11.7 Å². The van der Waals surface area contributed by atoms with Gasteiger partial charge in [0.2, 0.25) is 0 Å². The Morgan fingerprint density at radius 2 is 2.19 bits per heavy atom. The molecule has 0 unspecified atom stereocenters. The minimum atomic E-state index is -4.45. The number of alkyl halides is 4. The maximum absolute atomic E-state index is 12.6. The van der Waals surface area contributed by atoms with Gasteiger partial charge < -0.3 is 4.90 Å². The van der Waals surface area contributed by atoms with Gasteiger partial charge in [0.1, 0.15) is 11.8 Å². The lowest BCUT2D eigenvalue weighted by atomic mass is 10.1. The third-order valence-electron chi connectivity index (χ3n) is 1.92. The molecule has 88 valence electrons. The summed E-state index contributed by atoms with van der Waals surface area (Å²) in [6.07, 6.45) is -2.48. The Balaban J connectivity index is 3.23. The highest BCUT2D eigenvalue weighted by atomic mass is 35.5. The summed E-state index contributed by atoms with van der Waals surface area (Å²) in [4.78, 5) is 8.37. The molecule has 0 saturated carbocycles. The van der Waals surface area contributed by atoms with Crippen molar-refractivity contribution in [1.82, 2.24) is 4.90 Å². The third kappa shape index (κ3) is 2.44. The number of hydrogen-bond donors (Lipinski definition) is 0. The summed E-state index contributed by atoms with van der Waals surface area (Å²) in [5.74, 6) is 0.134. The summed E-state index contributed by atoms with van der Waals surface area (Å²) in [5.41, 5.74) is -0.920. The molecule has 0 aromatic rings. The summed E-state index contributed by atoms with van der Waals surface area (Å²) in [6.45, 7) is 3.13. The van der Waals surface area contributed by atoms with Gasteiger partial charge in [-0.15, -0.1) is 11.6 Å². The predicted octanol–water partition coefficient (Wildman–Crippen LogP) is 2.56. The average Bonchev–Trinajstić information content (AvgIpc) is 2.46. The van der Waals surface area contributed by atoms with Crippen LogP contribution in [0.3, 0.4) is 0 Å². The Labute approximate surface area is 95.6 Å². The number of likely N-dealkylation sites (N-methyl/N-ethyl adjacent to an activating group) is 1. The van der Waals surface area contributed by atoms with E-state index in [2.05, 4.69) is 16.7 Å². The lowest BCUT2D eigenvalue weighted by Crippen LogP contribution is -2.19. The van der Waals surface area contributed by atoms with Crippen molar-refractivity contribution in [3.8, 4) is 0 Å². The zero-order valence-electron chi connectivity index (χ0n) is 8.42. The second-order valence-corrected chi connectivity index (χ2v) is 3.22. The third-order valence-corrected chi connectivity index (χ3v) is 2.04. The molecule has 0 atom stereocenters. The Morgan fingerprint density at radius 3 is 2.62 bits per heavy atom. The Kier molecular flexibility index (Phi) is 3.74. The number of amidine groups is 1. The SMILES string of the molecule is C=N/C=C1/C(C(F)(F)F)=CN(C)/C1=N/CCl. The van der Waals surface area contributed by atoms with Crippen molar-refractivity contribution < 1.29 is 13.2 Å². The molecule has 0 aliphatic carbocycles. The van der Waals surface area contributed by atoms with E-state index >= 15 is 0 Å². The molecule has 3 nitrogen and oxygen atoms in total. The predicted molar refractivity (Wildman–Crippen MR) is 57.7 cm³/mol. The maximum atomic E-state index is 12.6. The van der Waals surface area contributed by atoms with Gasteiger partial charge >= 0.3 is 6.18 Å². The van der Waals surface area contributed by atoms with Crippen LogP contribution in [-0.2, 0) is 0 Å². The van der Waals surface area contributed by atoms with E-state index in [1.54, 1.807) is 0 Å². The van der Waals surface area contributed by atoms with Crippen molar-refractivity contribution in [2.45, 2.75) is 6.18 Å². The van der Waals surface area contributed by atoms with E-state index in [1.807, 2.05) is 0 Å². The molecule has 7 heteroatoms. The van der Waals surface area contributed by atoms with Crippen molar-refractivity contribution in [1.29, 1.82) is 0 Å². The molecule has 1 aliphatic rings. The molecule has 0 amide bonds. The van der Waals surface area contributed by atoms with Gasteiger partial charge in [-0.05, 0) is 6.72 Å². The van der Waals surface area contributed by atoms with Crippen LogP contribution in [0.15, 0.2) is 33.5 Å². The Bertz CT molecular complexity index is 382. The fraction of sp³-hybridized carbons (Fsp3) is 0.333. The highest BCUT2D eigenvalue weighted by Gasteiger charge is 2.42. The fourth-order valence-corrected chi connectivity index (χ4v) is 1.45. The van der Waals surface area contributed by atoms with Crippen LogP contribution in [0.4, 0.5) is 13.2 Å². The second-order valence-electron chi connectivity index (χ2n) is 2.98. The summed E-state index contributed by atoms with van der Waals surface area (Å²) in [6, 6.07) is -0.118. The summed E-state index contributed by atoms with van der Waals surface area (Å²) in [7, 11) is 1.46. The monoisotopic (exact) mass is 251 g/mol. The van der Waals surface area contributed by atoms with Gasteiger partial charge in [-0.3, -0.25) is 9.98 Å². The average molecular weight is 252 g/mol. The van der Waals surface area contributed by atoms with E-state index in [9.17, 15) is 13.2 Å². The highest BCUT2D eigenvalue weighted by Crippen LogP contribution is 2.36. The topological polar surface area (TPSA) is 28.0 Å². The smallest absolute Gasteiger partial charge is 0.335 e. The zero-order chi connectivity index (χ0) is 12.3. The normalized spacial score (nSPS) is 21.8. The molecule has 0 aromatic carbocycles. The lowest BCUT2D eigenvalue weighted by Gasteiger charge is -2.10. The van der Waals surface area contributed by atoms with Crippen molar-refractivity contribution >= 4 is 24.2 Å². The van der Waals surface area contributed by atoms with Gasteiger partial charge in [-0.25, -0.2) is 0 Å². The van der Waals surface area contributed by atoms with Gasteiger partial charge in [0.25, 0.3) is 0 Å². The first-order valence-corrected chi connectivity index (χ1v) is 4.74. The van der Waals surface area contributed by atoms with Crippen LogP contribution in [0.2, 0.25) is 0 Å². The molecule has 0 spiro atoms. The molecular formula is C9H9ClF3N3. The fourth-order valence-electron chi connectivity index (χ4n) is 1.33. The summed E-state index contributed by atoms with van der Waals surface area (Å²) >= 11 is 5.38. The number of halogens is 4. The van der Waals surface area contributed by atoms with E-state index in [1.165, 1.54) is 11.9 Å². The second kappa shape index (κ2) is 4.69. The summed E-state index contributed by atoms with van der Waals surface area (Å²) in [5, 5.41) is 0. The number of aliphatic imine (C=N–C) groups is 2. The number of hydrogen-bond acceptors (Lipinski definition) is 2. The first-order chi connectivity index (χ1) is 7.41. The van der Waals surface area contributed by atoms with Gasteiger partial charge in [0, 0.05) is 25.0 Å². The molecular weight excluding hydrogens is 243 g/mol. The van der Waals surface area contributed by atoms with Crippen molar-refractivity contribution in [2.24, 2.45) is 9.98 Å². The largest absolute Gasteiger partial charge is 0.418 e. The molecule has 0 N–H and O–H groups in total. The molecule has 1 aliphatic heterocycles. The molecule has 0 bridgehead atoms.